The van der Waals surface area contributed by atoms with Gasteiger partial charge < -0.3 is 10.6 Å². The zero-order chi connectivity index (χ0) is 12.7. The van der Waals surface area contributed by atoms with Gasteiger partial charge in [0, 0.05) is 25.8 Å². The molecular formula is C12H22N4O. The quantitative estimate of drug-likeness (QED) is 0.737. The summed E-state index contributed by atoms with van der Waals surface area (Å²) >= 11 is 0. The predicted octanol–water partition coefficient (Wildman–Crippen LogP) is 0.765. The summed E-state index contributed by atoms with van der Waals surface area (Å²) in [5.74, 6) is 0.529. The van der Waals surface area contributed by atoms with Crippen LogP contribution in [-0.4, -0.2) is 28.8 Å². The minimum atomic E-state index is 0.0428. The number of carbonyl (C=O) groups is 1. The molecule has 1 rings (SSSR count). The smallest absolute Gasteiger partial charge is 0.233 e. The van der Waals surface area contributed by atoms with Gasteiger partial charge in [-0.25, -0.2) is 0 Å². The number of amides is 1. The molecule has 0 bridgehead atoms. The molecule has 0 aromatic carbocycles. The molecule has 0 saturated carbocycles. The van der Waals surface area contributed by atoms with Crippen LogP contribution in [0.5, 0.6) is 0 Å². The largest absolute Gasteiger partial charge is 0.355 e. The maximum Gasteiger partial charge on any atom is 0.233 e. The summed E-state index contributed by atoms with van der Waals surface area (Å²) in [6, 6.07) is 1.96. The number of aromatic nitrogens is 2. The fourth-order valence-corrected chi connectivity index (χ4v) is 1.48. The first-order valence-electron chi connectivity index (χ1n) is 6.11. The van der Waals surface area contributed by atoms with Crippen LogP contribution in [0.4, 0.5) is 0 Å². The Balaban J connectivity index is 2.21. The van der Waals surface area contributed by atoms with Crippen LogP contribution in [0.2, 0.25) is 0 Å². The second-order valence-corrected chi connectivity index (χ2v) is 4.44. The van der Waals surface area contributed by atoms with E-state index in [0.29, 0.717) is 19.0 Å². The van der Waals surface area contributed by atoms with Crippen LogP contribution >= 0.6 is 0 Å². The van der Waals surface area contributed by atoms with Gasteiger partial charge in [0.15, 0.2) is 0 Å². The molecule has 17 heavy (non-hydrogen) atoms. The fraction of sp³-hybridized carbons (Fsp3) is 0.667. The molecule has 0 saturated heterocycles. The Morgan fingerprint density at radius 1 is 1.53 bits per heavy atom. The Bertz CT molecular complexity index is 346. The molecule has 0 unspecified atom stereocenters. The van der Waals surface area contributed by atoms with Crippen LogP contribution in [0.3, 0.4) is 0 Å². The van der Waals surface area contributed by atoms with Crippen molar-refractivity contribution in [1.82, 2.24) is 20.4 Å². The Morgan fingerprint density at radius 3 is 2.94 bits per heavy atom. The molecule has 96 valence electrons. The molecule has 2 N–H and O–H groups in total. The molecule has 0 aliphatic heterocycles. The number of carbonyl (C=O) groups excluding carboxylic acids is 1. The Hall–Kier alpha value is -1.36. The molecule has 5 nitrogen and oxygen atoms in total. The summed E-state index contributed by atoms with van der Waals surface area (Å²) < 4.78 is 1.92. The molecule has 1 heterocycles. The van der Waals surface area contributed by atoms with Crippen LogP contribution in [-0.2, 0) is 17.9 Å². The van der Waals surface area contributed by atoms with Crippen LogP contribution in [0.25, 0.3) is 0 Å². The predicted molar refractivity (Wildman–Crippen MR) is 67.5 cm³/mol. The highest BCUT2D eigenvalue weighted by molar-refractivity contribution is 5.77. The molecule has 0 radical (unpaired) electrons. The van der Waals surface area contributed by atoms with E-state index in [1.54, 1.807) is 6.20 Å². The van der Waals surface area contributed by atoms with E-state index in [4.69, 9.17) is 0 Å². The number of hydrogen-bond acceptors (Lipinski definition) is 3. The maximum absolute atomic E-state index is 11.4. The third-order valence-corrected chi connectivity index (χ3v) is 2.40. The lowest BCUT2D eigenvalue weighted by Gasteiger charge is -2.09. The maximum atomic E-state index is 11.4. The SMILES string of the molecule is CCn1nccc1CNCC(=O)NCC(C)C. The average Bonchev–Trinajstić information content (AvgIpc) is 2.74. The first-order chi connectivity index (χ1) is 8.13. The summed E-state index contributed by atoms with van der Waals surface area (Å²) in [5, 5.41) is 10.1. The van der Waals surface area contributed by atoms with Gasteiger partial charge in [-0.3, -0.25) is 9.48 Å². The van der Waals surface area contributed by atoms with Crippen molar-refractivity contribution in [2.24, 2.45) is 5.92 Å². The van der Waals surface area contributed by atoms with Gasteiger partial charge in [-0.15, -0.1) is 0 Å². The third-order valence-electron chi connectivity index (χ3n) is 2.40. The first-order valence-corrected chi connectivity index (χ1v) is 6.11. The van der Waals surface area contributed by atoms with Gasteiger partial charge in [0.2, 0.25) is 5.91 Å². The lowest BCUT2D eigenvalue weighted by molar-refractivity contribution is -0.120. The standard InChI is InChI=1S/C12H22N4O/c1-4-16-11(5-6-15-16)8-13-9-12(17)14-7-10(2)3/h5-6,10,13H,4,7-9H2,1-3H3,(H,14,17). The summed E-state index contributed by atoms with van der Waals surface area (Å²) in [6.07, 6.45) is 1.78. The van der Waals surface area contributed by atoms with Crippen molar-refractivity contribution in [3.63, 3.8) is 0 Å². The van der Waals surface area contributed by atoms with Crippen molar-refractivity contribution in [1.29, 1.82) is 0 Å². The molecule has 1 aromatic rings. The first kappa shape index (κ1) is 13.7. The molecular weight excluding hydrogens is 216 g/mol. The Kier molecular flexibility index (Phi) is 5.69. The van der Waals surface area contributed by atoms with Crippen LogP contribution in [0.1, 0.15) is 26.5 Å². The van der Waals surface area contributed by atoms with Crippen molar-refractivity contribution in [3.8, 4) is 0 Å². The van der Waals surface area contributed by atoms with Gasteiger partial charge in [-0.1, -0.05) is 13.8 Å². The molecule has 1 aromatic heterocycles. The van der Waals surface area contributed by atoms with Gasteiger partial charge in [-0.2, -0.15) is 5.10 Å². The van der Waals surface area contributed by atoms with Crippen molar-refractivity contribution in [2.75, 3.05) is 13.1 Å². The highest BCUT2D eigenvalue weighted by Gasteiger charge is 2.03. The molecule has 0 atom stereocenters. The van der Waals surface area contributed by atoms with Crippen molar-refractivity contribution < 1.29 is 4.79 Å². The number of rotatable bonds is 7. The minimum Gasteiger partial charge on any atom is -0.355 e. The summed E-state index contributed by atoms with van der Waals surface area (Å²) in [5.41, 5.74) is 1.10. The number of nitrogens with zero attached hydrogens (tertiary/aromatic N) is 2. The fourth-order valence-electron chi connectivity index (χ4n) is 1.48. The highest BCUT2D eigenvalue weighted by atomic mass is 16.1. The minimum absolute atomic E-state index is 0.0428. The zero-order valence-corrected chi connectivity index (χ0v) is 10.9. The third kappa shape index (κ3) is 4.99. The van der Waals surface area contributed by atoms with Crippen LogP contribution < -0.4 is 10.6 Å². The lowest BCUT2D eigenvalue weighted by atomic mass is 10.2. The van der Waals surface area contributed by atoms with Crippen molar-refractivity contribution in [3.05, 3.63) is 18.0 Å². The van der Waals surface area contributed by atoms with Crippen molar-refractivity contribution in [2.45, 2.75) is 33.9 Å². The molecule has 0 aliphatic rings. The van der Waals surface area contributed by atoms with E-state index >= 15 is 0 Å². The lowest BCUT2D eigenvalue weighted by Crippen LogP contribution is -2.35. The second kappa shape index (κ2) is 7.06. The number of hydrogen-bond donors (Lipinski definition) is 2. The summed E-state index contributed by atoms with van der Waals surface area (Å²) in [4.78, 5) is 11.4. The van der Waals surface area contributed by atoms with Gasteiger partial charge in [-0.05, 0) is 18.9 Å². The molecule has 0 fully saturated rings. The van der Waals surface area contributed by atoms with Crippen molar-refractivity contribution >= 4 is 5.91 Å². The van der Waals surface area contributed by atoms with E-state index in [-0.39, 0.29) is 5.91 Å². The Morgan fingerprint density at radius 2 is 2.29 bits per heavy atom. The summed E-state index contributed by atoms with van der Waals surface area (Å²) in [6.45, 7) is 8.80. The highest BCUT2D eigenvalue weighted by Crippen LogP contribution is 1.97. The van der Waals surface area contributed by atoms with Gasteiger partial charge in [0.1, 0.15) is 0 Å². The topological polar surface area (TPSA) is 59.0 Å². The van der Waals surface area contributed by atoms with Gasteiger partial charge in [0.05, 0.1) is 12.2 Å². The molecule has 0 spiro atoms. The van der Waals surface area contributed by atoms with E-state index in [2.05, 4.69) is 29.6 Å². The van der Waals surface area contributed by atoms with E-state index in [1.165, 1.54) is 0 Å². The number of aryl methyl sites for hydroxylation is 1. The van der Waals surface area contributed by atoms with Crippen LogP contribution in [0, 0.1) is 5.92 Å². The van der Waals surface area contributed by atoms with Crippen LogP contribution in [0.15, 0.2) is 12.3 Å². The molecule has 1 amide bonds. The zero-order valence-electron chi connectivity index (χ0n) is 10.9. The summed E-state index contributed by atoms with van der Waals surface area (Å²) in [7, 11) is 0. The van der Waals surface area contributed by atoms with Gasteiger partial charge >= 0.3 is 0 Å². The Labute approximate surface area is 103 Å². The molecule has 0 aliphatic carbocycles. The van der Waals surface area contributed by atoms with E-state index < -0.39 is 0 Å². The van der Waals surface area contributed by atoms with E-state index in [1.807, 2.05) is 17.7 Å². The average molecular weight is 238 g/mol. The monoisotopic (exact) mass is 238 g/mol. The number of nitrogens with one attached hydrogen (secondary N) is 2. The van der Waals surface area contributed by atoms with E-state index in [9.17, 15) is 4.79 Å². The second-order valence-electron chi connectivity index (χ2n) is 4.44. The normalized spacial score (nSPS) is 10.8. The van der Waals surface area contributed by atoms with E-state index in [0.717, 1.165) is 18.8 Å². The van der Waals surface area contributed by atoms with Gasteiger partial charge in [0.25, 0.3) is 0 Å². The molecule has 5 heteroatoms.